The summed E-state index contributed by atoms with van der Waals surface area (Å²) in [6, 6.07) is -0.529. The molecule has 9 heteroatoms. The van der Waals surface area contributed by atoms with E-state index < -0.39 is 35.9 Å². The molecule has 1 fully saturated rings. The highest BCUT2D eigenvalue weighted by atomic mass is 32.2. The molecule has 8 nitrogen and oxygen atoms in total. The summed E-state index contributed by atoms with van der Waals surface area (Å²) in [4.78, 5) is 18.4. The summed E-state index contributed by atoms with van der Waals surface area (Å²) in [6.45, 7) is 2.02. The van der Waals surface area contributed by atoms with E-state index >= 15 is 0 Å². The van der Waals surface area contributed by atoms with Gasteiger partial charge in [-0.15, -0.1) is 0 Å². The number of thioether (sulfide) groups is 1. The molecule has 5 atom stereocenters. The number of nitrogens with zero attached hydrogens (tertiary/aromatic N) is 3. The zero-order valence-corrected chi connectivity index (χ0v) is 13.0. The Balaban J connectivity index is 2.08. The lowest BCUT2D eigenvalue weighted by Gasteiger charge is -2.39. The topological polar surface area (TPSA) is 106 Å². The zero-order chi connectivity index (χ0) is 15.7. The Kier molecular flexibility index (Phi) is 4.97. The van der Waals surface area contributed by atoms with Gasteiger partial charge in [-0.3, -0.25) is 4.99 Å². The lowest BCUT2D eigenvalue weighted by Crippen LogP contribution is -2.58. The second-order valence-electron chi connectivity index (χ2n) is 5.26. The maximum Gasteiger partial charge on any atom is 0.407 e. The van der Waals surface area contributed by atoms with Gasteiger partial charge in [0.2, 0.25) is 0 Å². The van der Waals surface area contributed by atoms with Crippen molar-refractivity contribution in [2.45, 2.75) is 36.7 Å². The Morgan fingerprint density at radius 1 is 1.38 bits per heavy atom. The highest BCUT2D eigenvalue weighted by Gasteiger charge is 2.48. The third-order valence-electron chi connectivity index (χ3n) is 3.58. The maximum absolute atomic E-state index is 11.1. The minimum atomic E-state index is -1.16. The van der Waals surface area contributed by atoms with Gasteiger partial charge in [0.15, 0.2) is 5.17 Å². The number of aliphatic hydroxyl groups excluding tert-OH is 2. The molecule has 0 aromatic rings. The van der Waals surface area contributed by atoms with E-state index in [1.54, 1.807) is 6.92 Å². The van der Waals surface area contributed by atoms with Crippen LogP contribution >= 0.6 is 11.8 Å². The first-order chi connectivity index (χ1) is 9.85. The van der Waals surface area contributed by atoms with Crippen LogP contribution in [0.1, 0.15) is 6.92 Å². The van der Waals surface area contributed by atoms with Crippen molar-refractivity contribution in [1.29, 1.82) is 0 Å². The summed E-state index contributed by atoms with van der Waals surface area (Å²) < 4.78 is 5.76. The van der Waals surface area contributed by atoms with Crippen LogP contribution in [-0.2, 0) is 4.74 Å². The first-order valence-electron chi connectivity index (χ1n) is 6.76. The van der Waals surface area contributed by atoms with Gasteiger partial charge in [-0.2, -0.15) is 0 Å². The molecule has 2 aliphatic heterocycles. The summed E-state index contributed by atoms with van der Waals surface area (Å²) in [5.41, 5.74) is -0.404. The van der Waals surface area contributed by atoms with E-state index in [9.17, 15) is 15.0 Å². The van der Waals surface area contributed by atoms with Crippen molar-refractivity contribution in [3.8, 4) is 0 Å². The highest BCUT2D eigenvalue weighted by molar-refractivity contribution is 8.14. The number of carbonyl (C=O) groups is 1. The molecule has 2 heterocycles. The molecular formula is C12H21N3O5S. The monoisotopic (exact) mass is 319 g/mol. The Morgan fingerprint density at radius 2 is 2.05 bits per heavy atom. The van der Waals surface area contributed by atoms with E-state index in [1.807, 2.05) is 19.0 Å². The molecule has 0 radical (unpaired) electrons. The van der Waals surface area contributed by atoms with Crippen molar-refractivity contribution >= 4 is 23.0 Å². The molecule has 0 aromatic heterocycles. The Hall–Kier alpha value is -1.03. The third kappa shape index (κ3) is 3.25. The molecule has 0 bridgehead atoms. The predicted octanol–water partition coefficient (Wildman–Crippen LogP) is -0.534. The number of fused-ring (bicyclic) bond motifs is 1. The molecule has 21 heavy (non-hydrogen) atoms. The fourth-order valence-corrected chi connectivity index (χ4v) is 3.51. The molecule has 0 spiro atoms. The molecule has 2 aliphatic rings. The van der Waals surface area contributed by atoms with E-state index in [0.29, 0.717) is 6.54 Å². The predicted molar refractivity (Wildman–Crippen MR) is 78.4 cm³/mol. The SMILES string of the molecule is CCN(C[C@H]1O[C@@H]2SC(N(C)C)=N[C@@H]2[C@@H](O)[C@@H]1O)C(=O)O. The largest absolute Gasteiger partial charge is 0.465 e. The van der Waals surface area contributed by atoms with Gasteiger partial charge in [-0.1, -0.05) is 11.8 Å². The quantitative estimate of drug-likeness (QED) is 0.642. The average Bonchev–Trinajstić information content (AvgIpc) is 2.85. The van der Waals surface area contributed by atoms with E-state index in [1.165, 1.54) is 11.8 Å². The number of amidine groups is 1. The first kappa shape index (κ1) is 16.3. The number of hydrogen-bond donors (Lipinski definition) is 3. The van der Waals surface area contributed by atoms with Gasteiger partial charge in [-0.05, 0) is 6.92 Å². The number of aliphatic hydroxyl groups is 2. The van der Waals surface area contributed by atoms with Crippen molar-refractivity contribution in [2.24, 2.45) is 4.99 Å². The molecule has 120 valence electrons. The van der Waals surface area contributed by atoms with Gasteiger partial charge in [0.05, 0.1) is 6.54 Å². The van der Waals surface area contributed by atoms with E-state index in [-0.39, 0.29) is 6.54 Å². The van der Waals surface area contributed by atoms with Crippen molar-refractivity contribution in [1.82, 2.24) is 9.80 Å². The number of amides is 1. The number of ether oxygens (including phenoxy) is 1. The van der Waals surface area contributed by atoms with Crippen molar-refractivity contribution in [3.05, 3.63) is 0 Å². The lowest BCUT2D eigenvalue weighted by molar-refractivity contribution is -0.156. The average molecular weight is 319 g/mol. The number of aliphatic imine (C=N–C) groups is 1. The second-order valence-corrected chi connectivity index (χ2v) is 6.33. The Labute approximate surface area is 127 Å². The minimum absolute atomic E-state index is 0.0190. The van der Waals surface area contributed by atoms with Crippen molar-refractivity contribution in [3.63, 3.8) is 0 Å². The van der Waals surface area contributed by atoms with Gasteiger partial charge < -0.3 is 29.9 Å². The number of hydrogen-bond acceptors (Lipinski definition) is 7. The van der Waals surface area contributed by atoms with Crippen LogP contribution in [-0.4, -0.2) is 93.4 Å². The maximum atomic E-state index is 11.1. The van der Waals surface area contributed by atoms with E-state index in [0.717, 1.165) is 10.1 Å². The lowest BCUT2D eigenvalue weighted by atomic mass is 9.98. The van der Waals surface area contributed by atoms with Gasteiger partial charge in [0, 0.05) is 20.6 Å². The summed E-state index contributed by atoms with van der Waals surface area (Å²) in [5, 5.41) is 30.1. The fraction of sp³-hybridized carbons (Fsp3) is 0.833. The van der Waals surface area contributed by atoms with Gasteiger partial charge in [-0.25, -0.2) is 4.79 Å². The number of rotatable bonds is 3. The van der Waals surface area contributed by atoms with Crippen LogP contribution in [0, 0.1) is 0 Å². The van der Waals surface area contributed by atoms with Crippen LogP contribution < -0.4 is 0 Å². The summed E-state index contributed by atoms with van der Waals surface area (Å²) in [7, 11) is 3.68. The van der Waals surface area contributed by atoms with Crippen molar-refractivity contribution < 1.29 is 24.9 Å². The van der Waals surface area contributed by atoms with Crippen molar-refractivity contribution in [2.75, 3.05) is 27.2 Å². The summed E-state index contributed by atoms with van der Waals surface area (Å²) >= 11 is 1.37. The minimum Gasteiger partial charge on any atom is -0.465 e. The molecule has 0 aliphatic carbocycles. The molecule has 3 N–H and O–H groups in total. The van der Waals surface area contributed by atoms with Gasteiger partial charge in [0.1, 0.15) is 29.8 Å². The first-order valence-corrected chi connectivity index (χ1v) is 7.64. The van der Waals surface area contributed by atoms with Crippen LogP contribution in [0.5, 0.6) is 0 Å². The molecular weight excluding hydrogens is 298 g/mol. The third-order valence-corrected chi connectivity index (χ3v) is 4.89. The van der Waals surface area contributed by atoms with Crippen LogP contribution in [0.3, 0.4) is 0 Å². The summed E-state index contributed by atoms with van der Waals surface area (Å²) in [6.07, 6.45) is -4.06. The smallest absolute Gasteiger partial charge is 0.407 e. The Morgan fingerprint density at radius 3 is 2.57 bits per heavy atom. The molecule has 0 aromatic carbocycles. The van der Waals surface area contributed by atoms with Crippen LogP contribution in [0.15, 0.2) is 4.99 Å². The number of likely N-dealkylation sites (N-methyl/N-ethyl adjacent to an activating group) is 1. The van der Waals surface area contributed by atoms with Crippen LogP contribution in [0.2, 0.25) is 0 Å². The number of carboxylic acid groups (broad SMARTS) is 1. The molecule has 2 rings (SSSR count). The van der Waals surface area contributed by atoms with Crippen LogP contribution in [0.4, 0.5) is 4.79 Å². The molecule has 1 saturated heterocycles. The molecule has 0 saturated carbocycles. The summed E-state index contributed by atoms with van der Waals surface area (Å²) in [5.74, 6) is 0. The van der Waals surface area contributed by atoms with Gasteiger partial charge >= 0.3 is 6.09 Å². The van der Waals surface area contributed by atoms with Crippen LogP contribution in [0.25, 0.3) is 0 Å². The Bertz CT molecular complexity index is 433. The highest BCUT2D eigenvalue weighted by Crippen LogP contribution is 2.37. The van der Waals surface area contributed by atoms with Gasteiger partial charge in [0.25, 0.3) is 0 Å². The zero-order valence-electron chi connectivity index (χ0n) is 12.2. The fourth-order valence-electron chi connectivity index (χ4n) is 2.34. The second kappa shape index (κ2) is 6.39. The normalized spacial score (nSPS) is 35.1. The molecule has 0 unspecified atom stereocenters. The van der Waals surface area contributed by atoms with E-state index in [4.69, 9.17) is 9.84 Å². The van der Waals surface area contributed by atoms with E-state index in [2.05, 4.69) is 4.99 Å². The molecule has 1 amide bonds. The standard InChI is InChI=1S/C12H21N3O5S/c1-4-15(12(18)19)5-6-8(16)9(17)7-10(20-6)21-11(13-7)14(2)3/h6-10,16-17H,4-5H2,1-3H3,(H,18,19)/t6-,7-,8-,9-,10-/m1/s1.